The van der Waals surface area contributed by atoms with Crippen LogP contribution >= 0.6 is 0 Å². The fourth-order valence-electron chi connectivity index (χ4n) is 3.53. The van der Waals surface area contributed by atoms with Crippen LogP contribution in [-0.2, 0) is 20.7 Å². The fraction of sp³-hybridized carbons (Fsp3) is 0.667. The van der Waals surface area contributed by atoms with Crippen molar-refractivity contribution in [3.8, 4) is 0 Å². The zero-order valence-corrected chi connectivity index (χ0v) is 17.3. The molecule has 3 heterocycles. The lowest BCUT2D eigenvalue weighted by Crippen LogP contribution is -2.50. The number of likely N-dealkylation sites (tertiary alicyclic amines) is 1. The molecule has 1 atom stereocenters. The van der Waals surface area contributed by atoms with Gasteiger partial charge in [-0.1, -0.05) is 0 Å². The largest absolute Gasteiger partial charge is 0.365 e. The van der Waals surface area contributed by atoms with Gasteiger partial charge in [0.05, 0.1) is 18.2 Å². The monoisotopic (exact) mass is 395 g/mol. The van der Waals surface area contributed by atoms with Crippen molar-refractivity contribution < 1.29 is 12.6 Å². The molecule has 0 saturated carbocycles. The number of nitrogens with zero attached hydrogens (tertiary/aromatic N) is 3. The first kappa shape index (κ1) is 20.0. The van der Waals surface area contributed by atoms with Crippen molar-refractivity contribution in [3.63, 3.8) is 0 Å². The highest BCUT2D eigenvalue weighted by molar-refractivity contribution is 7.85. The number of nitrogens with one attached hydrogen (secondary N) is 2. The van der Waals surface area contributed by atoms with Crippen molar-refractivity contribution in [2.75, 3.05) is 31.3 Å². The first-order valence-corrected chi connectivity index (χ1v) is 11.1. The molecule has 1 aliphatic heterocycles. The molecule has 9 heteroatoms. The van der Waals surface area contributed by atoms with Crippen LogP contribution in [0.1, 0.15) is 39.2 Å². The molecule has 2 aromatic rings. The van der Waals surface area contributed by atoms with Crippen molar-refractivity contribution in [2.45, 2.75) is 51.6 Å². The number of fused-ring (bicyclic) bond motifs is 1. The number of aromatic amines is 1. The van der Waals surface area contributed by atoms with E-state index in [1.165, 1.54) is 0 Å². The molecule has 0 bridgehead atoms. The Morgan fingerprint density at radius 1 is 1.37 bits per heavy atom. The minimum absolute atomic E-state index is 0.0986. The smallest absolute Gasteiger partial charge is 0.264 e. The third-order valence-electron chi connectivity index (χ3n) is 4.93. The Hall–Kier alpha value is -1.71. The molecule has 1 fully saturated rings. The van der Waals surface area contributed by atoms with Gasteiger partial charge in [-0.05, 0) is 52.1 Å². The van der Waals surface area contributed by atoms with E-state index in [1.54, 1.807) is 6.33 Å². The van der Waals surface area contributed by atoms with Crippen molar-refractivity contribution in [1.29, 1.82) is 0 Å². The summed E-state index contributed by atoms with van der Waals surface area (Å²) in [7, 11) is -3.45. The second kappa shape index (κ2) is 7.73. The summed E-state index contributed by atoms with van der Waals surface area (Å²) in [6, 6.07) is 0.311. The Morgan fingerprint density at radius 3 is 2.85 bits per heavy atom. The summed E-state index contributed by atoms with van der Waals surface area (Å²) in [5.74, 6) is 0.788. The van der Waals surface area contributed by atoms with Gasteiger partial charge in [-0.25, -0.2) is 9.97 Å². The Labute approximate surface area is 160 Å². The zero-order chi connectivity index (χ0) is 19.7. The van der Waals surface area contributed by atoms with Crippen LogP contribution < -0.4 is 5.32 Å². The number of piperidine rings is 1. The maximum absolute atomic E-state index is 11.2. The molecule has 8 nitrogen and oxygen atoms in total. The van der Waals surface area contributed by atoms with E-state index >= 15 is 0 Å². The van der Waals surface area contributed by atoms with Crippen LogP contribution in [0.5, 0.6) is 0 Å². The molecular weight excluding hydrogens is 366 g/mol. The second-order valence-electron chi connectivity index (χ2n) is 8.14. The van der Waals surface area contributed by atoms with Gasteiger partial charge >= 0.3 is 0 Å². The minimum Gasteiger partial charge on any atom is -0.365 e. The van der Waals surface area contributed by atoms with Gasteiger partial charge in [-0.3, -0.25) is 9.08 Å². The zero-order valence-electron chi connectivity index (χ0n) is 16.4. The van der Waals surface area contributed by atoms with E-state index in [1.807, 2.05) is 6.20 Å². The van der Waals surface area contributed by atoms with Crippen molar-refractivity contribution in [3.05, 3.63) is 18.1 Å². The lowest BCUT2D eigenvalue weighted by Gasteiger charge is -2.41. The summed E-state index contributed by atoms with van der Waals surface area (Å²) >= 11 is 0. The average Bonchev–Trinajstić information content (AvgIpc) is 2.98. The highest BCUT2D eigenvalue weighted by Crippen LogP contribution is 2.27. The number of rotatable bonds is 6. The van der Waals surface area contributed by atoms with Gasteiger partial charge in [-0.2, -0.15) is 8.42 Å². The topological polar surface area (TPSA) is 100 Å². The molecule has 2 N–H and O–H groups in total. The van der Waals surface area contributed by atoms with E-state index in [0.29, 0.717) is 12.5 Å². The molecule has 0 aromatic carbocycles. The Balaban J connectivity index is 1.77. The molecule has 3 rings (SSSR count). The minimum atomic E-state index is -3.45. The average molecular weight is 396 g/mol. The lowest BCUT2D eigenvalue weighted by atomic mass is 9.98. The molecule has 0 unspecified atom stereocenters. The van der Waals surface area contributed by atoms with Crippen molar-refractivity contribution >= 4 is 27.0 Å². The molecule has 150 valence electrons. The van der Waals surface area contributed by atoms with Gasteiger partial charge in [0.25, 0.3) is 10.1 Å². The molecule has 1 saturated heterocycles. The quantitative estimate of drug-likeness (QED) is 0.723. The molecular formula is C18H29N5O3S. The summed E-state index contributed by atoms with van der Waals surface area (Å²) in [6.07, 6.45) is 7.15. The number of hydrogen-bond donors (Lipinski definition) is 2. The van der Waals surface area contributed by atoms with Gasteiger partial charge in [0, 0.05) is 24.3 Å². The van der Waals surface area contributed by atoms with Crippen molar-refractivity contribution in [2.24, 2.45) is 0 Å². The lowest BCUT2D eigenvalue weighted by molar-refractivity contribution is 0.104. The molecule has 1 aliphatic rings. The van der Waals surface area contributed by atoms with Gasteiger partial charge in [0.1, 0.15) is 17.8 Å². The van der Waals surface area contributed by atoms with E-state index in [-0.39, 0.29) is 12.1 Å². The molecule has 0 spiro atoms. The summed E-state index contributed by atoms with van der Waals surface area (Å²) in [6.45, 7) is 8.89. The maximum Gasteiger partial charge on any atom is 0.264 e. The number of hydrogen-bond acceptors (Lipinski definition) is 7. The van der Waals surface area contributed by atoms with Gasteiger partial charge in [0.15, 0.2) is 0 Å². The van der Waals surface area contributed by atoms with E-state index < -0.39 is 10.1 Å². The Bertz CT molecular complexity index is 888. The number of aromatic nitrogens is 3. The highest BCUT2D eigenvalue weighted by atomic mass is 32.2. The Kier molecular flexibility index (Phi) is 5.73. The third-order valence-corrected chi connectivity index (χ3v) is 5.53. The molecule has 27 heavy (non-hydrogen) atoms. The first-order valence-electron chi connectivity index (χ1n) is 9.30. The first-order chi connectivity index (χ1) is 12.6. The SMILES string of the molecule is CC(C)(C)N1CCC[C@@H](Nc2ncnc3[nH]cc(CCOS(C)(=O)=O)c23)C1. The normalized spacial score (nSPS) is 19.5. The number of anilines is 1. The molecule has 0 aliphatic carbocycles. The molecule has 0 radical (unpaired) electrons. The standard InChI is InChI=1S/C18H29N5O3S/c1-18(2,3)23-8-5-6-14(11-23)22-17-15-13(7-9-26-27(4,24)25)10-19-16(15)20-12-21-17/h10,12,14H,5-9,11H2,1-4H3,(H2,19,20,21,22)/t14-/m1/s1. The van der Waals surface area contributed by atoms with Crippen LogP contribution in [0.4, 0.5) is 5.82 Å². The maximum atomic E-state index is 11.2. The third kappa shape index (κ3) is 5.18. The van der Waals surface area contributed by atoms with Gasteiger partial charge in [0.2, 0.25) is 0 Å². The van der Waals surface area contributed by atoms with Crippen LogP contribution in [0.25, 0.3) is 11.0 Å². The second-order valence-corrected chi connectivity index (χ2v) is 9.78. The van der Waals surface area contributed by atoms with E-state index in [9.17, 15) is 8.42 Å². The fourth-order valence-corrected chi connectivity index (χ4v) is 3.92. The van der Waals surface area contributed by atoms with E-state index in [0.717, 1.165) is 54.6 Å². The van der Waals surface area contributed by atoms with E-state index in [2.05, 4.69) is 45.9 Å². The predicted molar refractivity (Wildman–Crippen MR) is 106 cm³/mol. The van der Waals surface area contributed by atoms with Gasteiger partial charge < -0.3 is 10.3 Å². The van der Waals surface area contributed by atoms with Crippen LogP contribution in [0.2, 0.25) is 0 Å². The van der Waals surface area contributed by atoms with Crippen LogP contribution in [0.3, 0.4) is 0 Å². The summed E-state index contributed by atoms with van der Waals surface area (Å²) in [5, 5.41) is 4.49. The highest BCUT2D eigenvalue weighted by Gasteiger charge is 2.28. The molecule has 2 aromatic heterocycles. The number of H-pyrrole nitrogens is 1. The van der Waals surface area contributed by atoms with E-state index in [4.69, 9.17) is 4.18 Å². The van der Waals surface area contributed by atoms with Crippen molar-refractivity contribution in [1.82, 2.24) is 19.9 Å². The van der Waals surface area contributed by atoms with Crippen LogP contribution in [0, 0.1) is 0 Å². The molecule has 0 amide bonds. The summed E-state index contributed by atoms with van der Waals surface area (Å²) in [5.41, 5.74) is 1.83. The summed E-state index contributed by atoms with van der Waals surface area (Å²) in [4.78, 5) is 14.4. The Morgan fingerprint density at radius 2 is 2.15 bits per heavy atom. The summed E-state index contributed by atoms with van der Waals surface area (Å²) < 4.78 is 27.3. The van der Waals surface area contributed by atoms with Gasteiger partial charge in [-0.15, -0.1) is 0 Å². The predicted octanol–water partition coefficient (Wildman–Crippen LogP) is 2.15. The van der Waals surface area contributed by atoms with Crippen LogP contribution in [-0.4, -0.2) is 65.8 Å². The van der Waals surface area contributed by atoms with Crippen LogP contribution in [0.15, 0.2) is 12.5 Å².